The first-order valence-electron chi connectivity index (χ1n) is 15.1. The molecular formula is C33H43NO7. The van der Waals surface area contributed by atoms with Crippen molar-refractivity contribution in [2.45, 2.75) is 96.6 Å². The Labute approximate surface area is 242 Å². The molecule has 1 unspecified atom stereocenters. The van der Waals surface area contributed by atoms with Gasteiger partial charge in [0.05, 0.1) is 13.5 Å². The molecule has 7 atom stereocenters. The predicted molar refractivity (Wildman–Crippen MR) is 152 cm³/mol. The fourth-order valence-electron chi connectivity index (χ4n) is 8.61. The van der Waals surface area contributed by atoms with Crippen molar-refractivity contribution in [2.75, 3.05) is 7.11 Å². The van der Waals surface area contributed by atoms with E-state index < -0.39 is 17.9 Å². The number of allylic oxidation sites excluding steroid dienone is 1. The smallest absolute Gasteiger partial charge is 0.328 e. The maximum absolute atomic E-state index is 12.9. The number of carbonyl (C=O) groups excluding carboxylic acids is 4. The molecule has 8 nitrogen and oxygen atoms in total. The zero-order valence-electron chi connectivity index (χ0n) is 24.4. The summed E-state index contributed by atoms with van der Waals surface area (Å²) in [5.41, 5.74) is 2.16. The number of rotatable bonds is 8. The molecule has 3 fully saturated rings. The number of ketones is 1. The minimum absolute atomic E-state index is 0.0531. The van der Waals surface area contributed by atoms with Gasteiger partial charge in [0.25, 0.3) is 0 Å². The SMILES string of the molecule is COC(=O)C(Cc1ccc(O)cc1)NC(=O)CCC(=O)O[C@H]1CC[C@H]2[C@@H]3CCC4=CC(=O)CC[C@]4(C)[C@H]3CC[C@]12C. The molecule has 1 aromatic carbocycles. The van der Waals surface area contributed by atoms with E-state index in [9.17, 15) is 24.3 Å². The third-order valence-corrected chi connectivity index (χ3v) is 10.9. The lowest BCUT2D eigenvalue weighted by Crippen LogP contribution is -2.51. The van der Waals surface area contributed by atoms with Crippen LogP contribution in [0.3, 0.4) is 0 Å². The maximum atomic E-state index is 12.9. The fourth-order valence-corrected chi connectivity index (χ4v) is 8.61. The van der Waals surface area contributed by atoms with Crippen LogP contribution in [0, 0.1) is 28.6 Å². The molecule has 0 heterocycles. The maximum Gasteiger partial charge on any atom is 0.328 e. The summed E-state index contributed by atoms with van der Waals surface area (Å²) in [4.78, 5) is 50.0. The van der Waals surface area contributed by atoms with Gasteiger partial charge in [-0.1, -0.05) is 31.6 Å². The largest absolute Gasteiger partial charge is 0.508 e. The van der Waals surface area contributed by atoms with Gasteiger partial charge in [0.2, 0.25) is 5.91 Å². The van der Waals surface area contributed by atoms with E-state index in [1.165, 1.54) is 24.8 Å². The average molecular weight is 566 g/mol. The molecule has 222 valence electrons. The Morgan fingerprint density at radius 1 is 1.00 bits per heavy atom. The average Bonchev–Trinajstić information content (AvgIpc) is 3.28. The molecule has 4 aliphatic rings. The third kappa shape index (κ3) is 5.80. The Bertz CT molecular complexity index is 1220. The summed E-state index contributed by atoms with van der Waals surface area (Å²) in [7, 11) is 1.26. The molecule has 0 saturated heterocycles. The van der Waals surface area contributed by atoms with Gasteiger partial charge in [0, 0.05) is 24.7 Å². The molecule has 3 saturated carbocycles. The van der Waals surface area contributed by atoms with Gasteiger partial charge in [-0.05, 0) is 91.9 Å². The van der Waals surface area contributed by atoms with Crippen molar-refractivity contribution in [1.82, 2.24) is 5.32 Å². The molecule has 5 rings (SSSR count). The third-order valence-electron chi connectivity index (χ3n) is 10.9. The second-order valence-electron chi connectivity index (χ2n) is 13.1. The van der Waals surface area contributed by atoms with E-state index in [2.05, 4.69) is 19.2 Å². The first-order valence-corrected chi connectivity index (χ1v) is 15.1. The van der Waals surface area contributed by atoms with Crippen molar-refractivity contribution in [1.29, 1.82) is 0 Å². The molecule has 4 aliphatic carbocycles. The van der Waals surface area contributed by atoms with Gasteiger partial charge in [-0.15, -0.1) is 0 Å². The lowest BCUT2D eigenvalue weighted by atomic mass is 9.47. The van der Waals surface area contributed by atoms with Gasteiger partial charge in [-0.2, -0.15) is 0 Å². The number of carbonyl (C=O) groups is 4. The topological polar surface area (TPSA) is 119 Å². The van der Waals surface area contributed by atoms with E-state index in [1.54, 1.807) is 12.1 Å². The molecule has 8 heteroatoms. The second kappa shape index (κ2) is 11.6. The van der Waals surface area contributed by atoms with E-state index in [0.29, 0.717) is 24.2 Å². The highest BCUT2D eigenvalue weighted by Crippen LogP contribution is 2.65. The summed E-state index contributed by atoms with van der Waals surface area (Å²) >= 11 is 0. The number of hydrogen-bond donors (Lipinski definition) is 2. The van der Waals surface area contributed by atoms with Crippen LogP contribution in [0.15, 0.2) is 35.9 Å². The molecular weight excluding hydrogens is 522 g/mol. The zero-order valence-corrected chi connectivity index (χ0v) is 24.4. The number of ether oxygens (including phenoxy) is 2. The summed E-state index contributed by atoms with van der Waals surface area (Å²) in [5, 5.41) is 12.2. The highest BCUT2D eigenvalue weighted by molar-refractivity contribution is 5.91. The summed E-state index contributed by atoms with van der Waals surface area (Å²) in [6, 6.07) is 5.49. The molecule has 1 aromatic rings. The Balaban J connectivity index is 1.15. The van der Waals surface area contributed by atoms with Crippen LogP contribution in [0.2, 0.25) is 0 Å². The van der Waals surface area contributed by atoms with Gasteiger partial charge in [0.15, 0.2) is 5.78 Å². The summed E-state index contributed by atoms with van der Waals surface area (Å²) in [6.07, 6.45) is 9.54. The number of phenolic OH excluding ortho intramolecular Hbond substituents is 1. The number of hydrogen-bond acceptors (Lipinski definition) is 7. The van der Waals surface area contributed by atoms with Gasteiger partial charge >= 0.3 is 11.9 Å². The first-order chi connectivity index (χ1) is 19.5. The molecule has 0 spiro atoms. The van der Waals surface area contributed by atoms with Crippen LogP contribution in [0.1, 0.15) is 83.6 Å². The summed E-state index contributed by atoms with van der Waals surface area (Å²) in [5.74, 6) is 0.677. The van der Waals surface area contributed by atoms with Crippen LogP contribution in [0.4, 0.5) is 0 Å². The molecule has 41 heavy (non-hydrogen) atoms. The van der Waals surface area contributed by atoms with E-state index in [-0.39, 0.29) is 53.7 Å². The molecule has 0 aliphatic heterocycles. The Morgan fingerprint density at radius 2 is 1.76 bits per heavy atom. The van der Waals surface area contributed by atoms with Crippen LogP contribution < -0.4 is 5.32 Å². The number of phenols is 1. The highest BCUT2D eigenvalue weighted by Gasteiger charge is 2.60. The van der Waals surface area contributed by atoms with Crippen LogP contribution in [0.5, 0.6) is 5.75 Å². The Morgan fingerprint density at radius 3 is 2.49 bits per heavy atom. The van der Waals surface area contributed by atoms with Gasteiger partial charge < -0.3 is 19.9 Å². The minimum atomic E-state index is -0.896. The van der Waals surface area contributed by atoms with Gasteiger partial charge in [0.1, 0.15) is 17.9 Å². The molecule has 0 radical (unpaired) electrons. The van der Waals surface area contributed by atoms with Gasteiger partial charge in [-0.25, -0.2) is 4.79 Å². The van der Waals surface area contributed by atoms with E-state index >= 15 is 0 Å². The van der Waals surface area contributed by atoms with Crippen LogP contribution in [0.25, 0.3) is 0 Å². The van der Waals surface area contributed by atoms with Crippen molar-refractivity contribution in [3.05, 3.63) is 41.5 Å². The Kier molecular flexibility index (Phi) is 8.31. The highest BCUT2D eigenvalue weighted by atomic mass is 16.5. The van der Waals surface area contributed by atoms with Crippen LogP contribution >= 0.6 is 0 Å². The van der Waals surface area contributed by atoms with Crippen molar-refractivity contribution < 1.29 is 33.8 Å². The lowest BCUT2D eigenvalue weighted by Gasteiger charge is -2.57. The van der Waals surface area contributed by atoms with Crippen molar-refractivity contribution in [3.63, 3.8) is 0 Å². The first kappa shape index (κ1) is 29.3. The van der Waals surface area contributed by atoms with Crippen molar-refractivity contribution in [3.8, 4) is 5.75 Å². The Hall–Kier alpha value is -3.16. The van der Waals surface area contributed by atoms with Crippen molar-refractivity contribution in [2.24, 2.45) is 28.6 Å². The number of fused-ring (bicyclic) bond motifs is 5. The number of nitrogens with one attached hydrogen (secondary N) is 1. The predicted octanol–water partition coefficient (Wildman–Crippen LogP) is 4.82. The number of benzene rings is 1. The molecule has 2 N–H and O–H groups in total. The summed E-state index contributed by atoms with van der Waals surface area (Å²) in [6.45, 7) is 4.66. The standard InChI is InChI=1S/C33H43NO7/c1-32-16-14-23(36)19-21(32)6-9-24-25-10-11-28(33(25,2)17-15-26(24)32)41-30(38)13-12-29(37)34-27(31(39)40-3)18-20-4-7-22(35)8-5-20/h4-5,7-8,19,24-28,35H,6,9-18H2,1-3H3,(H,34,37)/t24-,25-,26-,27?,28-,32-,33-/m0/s1. The van der Waals surface area contributed by atoms with Crippen LogP contribution in [-0.4, -0.2) is 48.0 Å². The minimum Gasteiger partial charge on any atom is -0.508 e. The van der Waals surface area contributed by atoms with E-state index in [0.717, 1.165) is 50.5 Å². The fraction of sp³-hybridized carbons (Fsp3) is 0.636. The summed E-state index contributed by atoms with van der Waals surface area (Å²) < 4.78 is 10.9. The van der Waals surface area contributed by atoms with Gasteiger partial charge in [-0.3, -0.25) is 14.4 Å². The monoisotopic (exact) mass is 565 g/mol. The zero-order chi connectivity index (χ0) is 29.4. The van der Waals surface area contributed by atoms with Crippen molar-refractivity contribution >= 4 is 23.6 Å². The number of aromatic hydroxyl groups is 1. The molecule has 0 bridgehead atoms. The normalized spacial score (nSPS) is 33.0. The molecule has 1 amide bonds. The van der Waals surface area contributed by atoms with Crippen LogP contribution in [-0.2, 0) is 35.1 Å². The lowest BCUT2D eigenvalue weighted by molar-refractivity contribution is -0.160. The van der Waals surface area contributed by atoms with E-state index in [1.807, 2.05) is 6.08 Å². The number of methoxy groups -OCH3 is 1. The quantitative estimate of drug-likeness (QED) is 0.434. The van der Waals surface area contributed by atoms with E-state index in [4.69, 9.17) is 9.47 Å². The number of amides is 1. The number of esters is 2. The second-order valence-corrected chi connectivity index (χ2v) is 13.1. The molecule has 0 aromatic heterocycles.